The Morgan fingerprint density at radius 2 is 0.867 bits per heavy atom. The molecule has 0 spiro atoms. The summed E-state index contributed by atoms with van der Waals surface area (Å²) in [4.78, 5) is 0. The van der Waals surface area contributed by atoms with Crippen molar-refractivity contribution < 1.29 is 8.23 Å². The normalized spacial score (nSPS) is 12.4. The fourth-order valence-corrected chi connectivity index (χ4v) is 15.3. The van der Waals surface area contributed by atoms with Gasteiger partial charge in [0.2, 0.25) is 0 Å². The molecule has 2 aromatic rings. The van der Waals surface area contributed by atoms with E-state index in [0.717, 1.165) is 47.6 Å². The van der Waals surface area contributed by atoms with Gasteiger partial charge in [0, 0.05) is 11.4 Å². The summed E-state index contributed by atoms with van der Waals surface area (Å²) in [7, 11) is -5.41. The van der Waals surface area contributed by atoms with Gasteiger partial charge in [-0.2, -0.15) is 0 Å². The minimum absolute atomic E-state index is 1.13. The van der Waals surface area contributed by atoms with Crippen molar-refractivity contribution in [1.82, 2.24) is 0 Å². The van der Waals surface area contributed by atoms with E-state index in [4.69, 9.17) is 8.23 Å². The summed E-state index contributed by atoms with van der Waals surface area (Å²) in [5, 5.41) is 0. The third-order valence-corrected chi connectivity index (χ3v) is 20.2. The standard InChI is InChI=1S/C24H40NO2Si3/c1-7-29(8-2,9-3)26-28(27-30(10-4,11-5)12-6)25(23-19-15-13-16-20-23)24-21-17-14-18-22-24/h13-22H,7-12H2,1-6H3. The van der Waals surface area contributed by atoms with Crippen molar-refractivity contribution in [2.75, 3.05) is 4.57 Å². The van der Waals surface area contributed by atoms with Gasteiger partial charge in [-0.25, -0.2) is 0 Å². The van der Waals surface area contributed by atoms with Crippen molar-refractivity contribution in [2.24, 2.45) is 0 Å². The Kier molecular flexibility index (Phi) is 10.0. The molecule has 6 heteroatoms. The molecule has 0 aliphatic heterocycles. The monoisotopic (exact) mass is 458 g/mol. The zero-order valence-corrected chi connectivity index (χ0v) is 22.8. The van der Waals surface area contributed by atoms with Gasteiger partial charge in [-0.3, -0.25) is 0 Å². The number of rotatable bonds is 13. The minimum atomic E-state index is -1.85. The summed E-state index contributed by atoms with van der Waals surface area (Å²) in [5.41, 5.74) is 2.32. The Morgan fingerprint density at radius 1 is 0.567 bits per heavy atom. The molecule has 0 N–H and O–H groups in total. The fourth-order valence-electron chi connectivity index (χ4n) is 3.93. The molecule has 0 fully saturated rings. The molecule has 2 aromatic carbocycles. The van der Waals surface area contributed by atoms with Gasteiger partial charge in [-0.1, -0.05) is 77.9 Å². The summed E-state index contributed by atoms with van der Waals surface area (Å²) in [5.74, 6) is 0. The Hall–Kier alpha value is -1.19. The van der Waals surface area contributed by atoms with E-state index in [9.17, 15) is 0 Å². The maximum absolute atomic E-state index is 7.20. The lowest BCUT2D eigenvalue weighted by Gasteiger charge is -2.41. The fraction of sp³-hybridized carbons (Fsp3) is 0.500. The van der Waals surface area contributed by atoms with Crippen LogP contribution in [-0.4, -0.2) is 26.1 Å². The van der Waals surface area contributed by atoms with Crippen molar-refractivity contribution in [3.63, 3.8) is 0 Å². The molecule has 0 atom stereocenters. The van der Waals surface area contributed by atoms with Crippen molar-refractivity contribution in [3.8, 4) is 0 Å². The highest BCUT2D eigenvalue weighted by Crippen LogP contribution is 2.34. The third-order valence-electron chi connectivity index (χ3n) is 6.69. The van der Waals surface area contributed by atoms with Gasteiger partial charge in [0.1, 0.15) is 0 Å². The summed E-state index contributed by atoms with van der Waals surface area (Å²) in [6.07, 6.45) is 0. The van der Waals surface area contributed by atoms with E-state index in [-0.39, 0.29) is 0 Å². The topological polar surface area (TPSA) is 21.7 Å². The number of nitrogens with zero attached hydrogens (tertiary/aromatic N) is 1. The highest BCUT2D eigenvalue weighted by Gasteiger charge is 2.44. The van der Waals surface area contributed by atoms with Crippen molar-refractivity contribution in [2.45, 2.75) is 77.8 Å². The lowest BCUT2D eigenvalue weighted by Crippen LogP contribution is -2.56. The molecule has 1 radical (unpaired) electrons. The smallest absolute Gasteiger partial charge is 0.418 e. The molecule has 0 heterocycles. The van der Waals surface area contributed by atoms with Crippen LogP contribution in [0.1, 0.15) is 41.5 Å². The van der Waals surface area contributed by atoms with Gasteiger partial charge >= 0.3 is 9.45 Å². The second-order valence-electron chi connectivity index (χ2n) is 7.96. The molecule has 0 saturated carbocycles. The van der Waals surface area contributed by atoms with Crippen LogP contribution in [0.25, 0.3) is 0 Å². The quantitative estimate of drug-likeness (QED) is 0.285. The Balaban J connectivity index is 2.60. The predicted octanol–water partition coefficient (Wildman–Crippen LogP) is 7.85. The van der Waals surface area contributed by atoms with Crippen molar-refractivity contribution in [3.05, 3.63) is 60.7 Å². The first kappa shape index (κ1) is 25.1. The molecule has 3 nitrogen and oxygen atoms in total. The zero-order chi connectivity index (χ0) is 22.0. The van der Waals surface area contributed by atoms with Crippen LogP contribution in [0, 0.1) is 0 Å². The molecule has 0 amide bonds. The van der Waals surface area contributed by atoms with Gasteiger partial charge in [0.15, 0.2) is 16.6 Å². The maximum Gasteiger partial charge on any atom is 0.511 e. The van der Waals surface area contributed by atoms with Crippen LogP contribution in [0.2, 0.25) is 36.3 Å². The molecule has 2 rings (SSSR count). The van der Waals surface area contributed by atoms with Gasteiger partial charge in [-0.05, 0) is 60.5 Å². The van der Waals surface area contributed by atoms with Crippen LogP contribution in [0.4, 0.5) is 11.4 Å². The maximum atomic E-state index is 7.20. The number of hydrogen-bond acceptors (Lipinski definition) is 3. The first-order valence-electron chi connectivity index (χ1n) is 11.7. The Morgan fingerprint density at radius 3 is 1.13 bits per heavy atom. The lowest BCUT2D eigenvalue weighted by atomic mass is 10.3. The molecule has 0 bridgehead atoms. The van der Waals surface area contributed by atoms with E-state index in [1.807, 2.05) is 0 Å². The summed E-state index contributed by atoms with van der Waals surface area (Å²) in [6, 6.07) is 28.1. The number of hydrogen-bond donors (Lipinski definition) is 0. The van der Waals surface area contributed by atoms with Crippen LogP contribution >= 0.6 is 0 Å². The zero-order valence-electron chi connectivity index (χ0n) is 19.8. The van der Waals surface area contributed by atoms with Gasteiger partial charge in [0.05, 0.1) is 0 Å². The van der Waals surface area contributed by atoms with Crippen LogP contribution in [0.15, 0.2) is 60.7 Å². The SMILES string of the molecule is CC[Si](CC)(CC)O[Si](O[Si](CC)(CC)CC)N(c1ccccc1)c1ccccc1. The molecule has 0 aromatic heterocycles. The molecule has 165 valence electrons. The van der Waals surface area contributed by atoms with E-state index < -0.39 is 26.1 Å². The molecule has 0 aliphatic carbocycles. The number of benzene rings is 2. The van der Waals surface area contributed by atoms with Gasteiger partial charge < -0.3 is 12.8 Å². The average molecular weight is 459 g/mol. The number of anilines is 2. The first-order chi connectivity index (χ1) is 14.5. The minimum Gasteiger partial charge on any atom is -0.418 e. The molecular formula is C24H40NO2Si3. The molecule has 30 heavy (non-hydrogen) atoms. The molecular weight excluding hydrogens is 419 g/mol. The molecule has 0 saturated heterocycles. The van der Waals surface area contributed by atoms with Gasteiger partial charge in [-0.15, -0.1) is 0 Å². The highest BCUT2D eigenvalue weighted by molar-refractivity contribution is 6.85. The number of para-hydroxylation sites is 2. The van der Waals surface area contributed by atoms with E-state index in [1.54, 1.807) is 0 Å². The van der Waals surface area contributed by atoms with Crippen LogP contribution < -0.4 is 4.57 Å². The second-order valence-corrected chi connectivity index (χ2v) is 19.6. The predicted molar refractivity (Wildman–Crippen MR) is 137 cm³/mol. The van der Waals surface area contributed by atoms with E-state index in [0.29, 0.717) is 0 Å². The largest absolute Gasteiger partial charge is 0.511 e. The van der Waals surface area contributed by atoms with E-state index in [2.05, 4.69) is 107 Å². The summed E-state index contributed by atoms with van der Waals surface area (Å²) >= 11 is 0. The first-order valence-corrected chi connectivity index (χ1v) is 18.0. The van der Waals surface area contributed by atoms with Crippen molar-refractivity contribution >= 4 is 37.5 Å². The van der Waals surface area contributed by atoms with Crippen molar-refractivity contribution in [1.29, 1.82) is 0 Å². The summed E-state index contributed by atoms with van der Waals surface area (Å²) in [6.45, 7) is 13.8. The van der Waals surface area contributed by atoms with Gasteiger partial charge in [0.25, 0.3) is 0 Å². The van der Waals surface area contributed by atoms with Crippen LogP contribution in [0.5, 0.6) is 0 Å². The summed E-state index contributed by atoms with van der Waals surface area (Å²) < 4.78 is 16.8. The lowest BCUT2D eigenvalue weighted by molar-refractivity contribution is 0.400. The van der Waals surface area contributed by atoms with Crippen LogP contribution in [0.3, 0.4) is 0 Å². The third kappa shape index (κ3) is 5.95. The Labute approximate surface area is 188 Å². The average Bonchev–Trinajstić information content (AvgIpc) is 2.82. The van der Waals surface area contributed by atoms with E-state index in [1.165, 1.54) is 0 Å². The highest BCUT2D eigenvalue weighted by atomic mass is 28.5. The van der Waals surface area contributed by atoms with Crippen LogP contribution in [-0.2, 0) is 8.23 Å². The second kappa shape index (κ2) is 12.0. The molecule has 0 aliphatic rings. The Bertz CT molecular complexity index is 644. The molecule has 0 unspecified atom stereocenters. The van der Waals surface area contributed by atoms with E-state index >= 15 is 0 Å².